The van der Waals surface area contributed by atoms with Gasteiger partial charge in [-0.15, -0.1) is 0 Å². The van der Waals surface area contributed by atoms with Crippen LogP contribution >= 0.6 is 0 Å². The number of hydrogen-bond acceptors (Lipinski definition) is 4. The molecule has 0 aromatic heterocycles. The molecule has 2 unspecified atom stereocenters. The molecule has 2 atom stereocenters. The third-order valence-corrected chi connectivity index (χ3v) is 3.32. The fraction of sp³-hybridized carbons (Fsp3) is 0.917. The maximum atomic E-state index is 11.8. The smallest absolute Gasteiger partial charge is 0.326 e. The number of carbonyl (C=O) groups excluding carboxylic acids is 1. The molecule has 0 aromatic carbocycles. The predicted octanol–water partition coefficient (Wildman–Crippen LogP) is 1.49. The van der Waals surface area contributed by atoms with Crippen LogP contribution < -0.4 is 5.32 Å². The molecule has 1 N–H and O–H groups in total. The molecule has 0 aliphatic heterocycles. The van der Waals surface area contributed by atoms with Crippen LogP contribution in [0.3, 0.4) is 0 Å². The van der Waals surface area contributed by atoms with E-state index >= 15 is 0 Å². The molecule has 1 aliphatic rings. The van der Waals surface area contributed by atoms with Crippen LogP contribution in [0, 0.1) is 0 Å². The van der Waals surface area contributed by atoms with Gasteiger partial charge >= 0.3 is 5.97 Å². The van der Waals surface area contributed by atoms with Crippen molar-refractivity contribution < 1.29 is 14.3 Å². The van der Waals surface area contributed by atoms with Gasteiger partial charge in [0.25, 0.3) is 0 Å². The zero-order chi connectivity index (χ0) is 12.2. The maximum absolute atomic E-state index is 11.8. The third-order valence-electron chi connectivity index (χ3n) is 3.32. The number of likely N-dealkylation sites (N-methyl/N-ethyl adjacent to an activating group) is 1. The Morgan fingerprint density at radius 3 is 2.50 bits per heavy atom. The van der Waals surface area contributed by atoms with Crippen molar-refractivity contribution in [1.82, 2.24) is 5.32 Å². The normalized spacial score (nSPS) is 26.5. The Balaban J connectivity index is 2.45. The highest BCUT2D eigenvalue weighted by atomic mass is 16.5. The van der Waals surface area contributed by atoms with Crippen LogP contribution in [0.25, 0.3) is 0 Å². The summed E-state index contributed by atoms with van der Waals surface area (Å²) < 4.78 is 10.8. The van der Waals surface area contributed by atoms with Gasteiger partial charge in [-0.2, -0.15) is 0 Å². The van der Waals surface area contributed by atoms with Crippen molar-refractivity contribution in [3.63, 3.8) is 0 Å². The minimum atomic E-state index is -0.611. The second-order valence-electron chi connectivity index (χ2n) is 4.93. The Morgan fingerprint density at radius 2 is 1.94 bits per heavy atom. The summed E-state index contributed by atoms with van der Waals surface area (Å²) in [6, 6.07) is 0. The van der Waals surface area contributed by atoms with Crippen LogP contribution in [-0.4, -0.2) is 37.9 Å². The van der Waals surface area contributed by atoms with E-state index in [0.717, 1.165) is 25.7 Å². The molecular weight excluding hydrogens is 206 g/mol. The van der Waals surface area contributed by atoms with Gasteiger partial charge in [-0.1, -0.05) is 0 Å². The van der Waals surface area contributed by atoms with Crippen molar-refractivity contribution in [2.75, 3.05) is 14.2 Å². The number of nitrogens with one attached hydrogen (secondary N) is 1. The summed E-state index contributed by atoms with van der Waals surface area (Å²) in [6.45, 7) is 3.65. The molecular formula is C12H23NO3. The van der Waals surface area contributed by atoms with Gasteiger partial charge in [0, 0.05) is 13.5 Å². The number of carbonyl (C=O) groups is 1. The predicted molar refractivity (Wildman–Crippen MR) is 62.3 cm³/mol. The SMILES string of the molecule is CNC(C)(C)C(=O)OC1CCCC(OC)C1. The molecule has 94 valence electrons. The molecule has 1 aliphatic carbocycles. The number of esters is 1. The number of rotatable bonds is 4. The van der Waals surface area contributed by atoms with E-state index in [4.69, 9.17) is 9.47 Å². The second kappa shape index (κ2) is 5.64. The lowest BCUT2D eigenvalue weighted by Crippen LogP contribution is -2.47. The summed E-state index contributed by atoms with van der Waals surface area (Å²) >= 11 is 0. The lowest BCUT2D eigenvalue weighted by atomic mass is 9.94. The molecule has 0 bridgehead atoms. The largest absolute Gasteiger partial charge is 0.461 e. The molecule has 0 amide bonds. The van der Waals surface area contributed by atoms with Crippen molar-refractivity contribution in [3.8, 4) is 0 Å². The minimum absolute atomic E-state index is 0.0128. The molecule has 0 radical (unpaired) electrons. The monoisotopic (exact) mass is 229 g/mol. The zero-order valence-electron chi connectivity index (χ0n) is 10.7. The average molecular weight is 229 g/mol. The molecule has 1 rings (SSSR count). The van der Waals surface area contributed by atoms with Crippen molar-refractivity contribution in [2.24, 2.45) is 0 Å². The summed E-state index contributed by atoms with van der Waals surface area (Å²) in [4.78, 5) is 11.8. The highest BCUT2D eigenvalue weighted by Crippen LogP contribution is 2.24. The van der Waals surface area contributed by atoms with Crippen LogP contribution in [0.1, 0.15) is 39.5 Å². The average Bonchev–Trinajstić information content (AvgIpc) is 2.29. The van der Waals surface area contributed by atoms with E-state index in [1.807, 2.05) is 13.8 Å². The van der Waals surface area contributed by atoms with Gasteiger partial charge in [0.15, 0.2) is 0 Å². The summed E-state index contributed by atoms with van der Waals surface area (Å²) in [5, 5.41) is 2.95. The Labute approximate surface area is 97.7 Å². The van der Waals surface area contributed by atoms with Gasteiger partial charge in [-0.3, -0.25) is 4.79 Å². The van der Waals surface area contributed by atoms with E-state index in [0.29, 0.717) is 0 Å². The first-order valence-corrected chi connectivity index (χ1v) is 5.92. The molecule has 0 aromatic rings. The van der Waals surface area contributed by atoms with E-state index in [2.05, 4.69) is 5.32 Å². The van der Waals surface area contributed by atoms with Gasteiger partial charge < -0.3 is 14.8 Å². The number of methoxy groups -OCH3 is 1. The lowest BCUT2D eigenvalue weighted by Gasteiger charge is -2.31. The molecule has 0 heterocycles. The molecule has 1 saturated carbocycles. The van der Waals surface area contributed by atoms with Crippen LogP contribution in [0.2, 0.25) is 0 Å². The quantitative estimate of drug-likeness (QED) is 0.742. The van der Waals surface area contributed by atoms with Gasteiger partial charge in [-0.25, -0.2) is 0 Å². The zero-order valence-corrected chi connectivity index (χ0v) is 10.7. The first-order chi connectivity index (χ1) is 7.49. The van der Waals surface area contributed by atoms with E-state index < -0.39 is 5.54 Å². The Morgan fingerprint density at radius 1 is 1.31 bits per heavy atom. The van der Waals surface area contributed by atoms with Gasteiger partial charge in [-0.05, 0) is 40.2 Å². The molecule has 16 heavy (non-hydrogen) atoms. The van der Waals surface area contributed by atoms with Crippen LogP contribution in [0.4, 0.5) is 0 Å². The van der Waals surface area contributed by atoms with E-state index in [9.17, 15) is 4.79 Å². The minimum Gasteiger partial charge on any atom is -0.461 e. The van der Waals surface area contributed by atoms with Gasteiger partial charge in [0.2, 0.25) is 0 Å². The highest BCUT2D eigenvalue weighted by molar-refractivity contribution is 5.79. The van der Waals surface area contributed by atoms with E-state index in [1.54, 1.807) is 14.2 Å². The molecule has 0 saturated heterocycles. The van der Waals surface area contributed by atoms with E-state index in [1.165, 1.54) is 0 Å². The van der Waals surface area contributed by atoms with Crippen molar-refractivity contribution in [3.05, 3.63) is 0 Å². The van der Waals surface area contributed by atoms with Crippen molar-refractivity contribution in [2.45, 2.75) is 57.3 Å². The van der Waals surface area contributed by atoms with Crippen molar-refractivity contribution in [1.29, 1.82) is 0 Å². The number of ether oxygens (including phenoxy) is 2. The summed E-state index contributed by atoms with van der Waals surface area (Å²) in [5.74, 6) is -0.184. The van der Waals surface area contributed by atoms with Gasteiger partial charge in [0.1, 0.15) is 11.6 Å². The summed E-state index contributed by atoms with van der Waals surface area (Å²) in [6.07, 6.45) is 4.16. The Hall–Kier alpha value is -0.610. The maximum Gasteiger partial charge on any atom is 0.326 e. The molecule has 4 nitrogen and oxygen atoms in total. The lowest BCUT2D eigenvalue weighted by molar-refractivity contribution is -0.159. The first kappa shape index (κ1) is 13.5. The summed E-state index contributed by atoms with van der Waals surface area (Å²) in [7, 11) is 3.48. The van der Waals surface area contributed by atoms with Gasteiger partial charge in [0.05, 0.1) is 6.10 Å². The third kappa shape index (κ3) is 3.46. The number of hydrogen-bond donors (Lipinski definition) is 1. The topological polar surface area (TPSA) is 47.6 Å². The first-order valence-electron chi connectivity index (χ1n) is 5.92. The molecule has 1 fully saturated rings. The highest BCUT2D eigenvalue weighted by Gasteiger charge is 2.31. The van der Waals surface area contributed by atoms with Crippen LogP contribution in [0.5, 0.6) is 0 Å². The standard InChI is InChI=1S/C12H23NO3/c1-12(2,13-3)11(14)16-10-7-5-6-9(8-10)15-4/h9-10,13H,5-8H2,1-4H3. The second-order valence-corrected chi connectivity index (χ2v) is 4.93. The fourth-order valence-electron chi connectivity index (χ4n) is 1.82. The Kier molecular flexibility index (Phi) is 4.74. The van der Waals surface area contributed by atoms with Crippen LogP contribution in [0.15, 0.2) is 0 Å². The fourth-order valence-corrected chi connectivity index (χ4v) is 1.82. The molecule has 4 heteroatoms. The van der Waals surface area contributed by atoms with Crippen molar-refractivity contribution >= 4 is 5.97 Å². The summed E-state index contributed by atoms with van der Waals surface area (Å²) in [5.41, 5.74) is -0.611. The molecule has 0 spiro atoms. The van der Waals surface area contributed by atoms with Crippen LogP contribution in [-0.2, 0) is 14.3 Å². The van der Waals surface area contributed by atoms with E-state index in [-0.39, 0.29) is 18.2 Å². The Bertz CT molecular complexity index is 240.